The zero-order valence-corrected chi connectivity index (χ0v) is 25.9. The van der Waals surface area contributed by atoms with Gasteiger partial charge in [0, 0.05) is 6.42 Å². The average Bonchev–Trinajstić information content (AvgIpc) is 3.11. The predicted molar refractivity (Wildman–Crippen MR) is 155 cm³/mol. The maximum Gasteiger partial charge on any atom is 0.329 e. The highest BCUT2D eigenvalue weighted by Gasteiger charge is 2.59. The van der Waals surface area contributed by atoms with Gasteiger partial charge < -0.3 is 4.74 Å². The lowest BCUT2D eigenvalue weighted by Gasteiger charge is -2.58. The third-order valence-electron chi connectivity index (χ3n) is 10.7. The first-order valence-electron chi connectivity index (χ1n) is 13.7. The molecule has 3 fully saturated rings. The summed E-state index contributed by atoms with van der Waals surface area (Å²) in [7, 11) is 0. The molecule has 188 valence electrons. The molecule has 4 heteroatoms. The Bertz CT molecular complexity index is 746. The molecule has 3 saturated carbocycles. The van der Waals surface area contributed by atoms with Crippen LogP contribution in [-0.4, -0.2) is 14.0 Å². The molecule has 0 radical (unpaired) electrons. The maximum absolute atomic E-state index is 12.2. The van der Waals surface area contributed by atoms with Crippen molar-refractivity contribution < 1.29 is 9.53 Å². The number of halogens is 2. The molecule has 0 aliphatic heterocycles. The molecule has 4 aliphatic rings. The Hall–Kier alpha value is 0.670. The van der Waals surface area contributed by atoms with Crippen molar-refractivity contribution in [2.75, 3.05) is 0 Å². The summed E-state index contributed by atoms with van der Waals surface area (Å²) in [5, 5.41) is 0. The molecule has 8 atom stereocenters. The smallest absolute Gasteiger partial charge is 0.329 e. The molecule has 2 nitrogen and oxygen atoms in total. The summed E-state index contributed by atoms with van der Waals surface area (Å²) in [4.78, 5) is 12.2. The molecular weight excluding hydrogens is 634 g/mol. The Morgan fingerprint density at radius 3 is 2.52 bits per heavy atom. The summed E-state index contributed by atoms with van der Waals surface area (Å²) in [6, 6.07) is 0. The Kier molecular flexibility index (Phi) is 8.56. The first-order chi connectivity index (χ1) is 15.6. The van der Waals surface area contributed by atoms with Gasteiger partial charge in [-0.25, -0.2) is 0 Å². The quantitative estimate of drug-likeness (QED) is 0.116. The zero-order valence-electron chi connectivity index (χ0n) is 21.5. The molecule has 0 bridgehead atoms. The lowest BCUT2D eigenvalue weighted by molar-refractivity contribution is -0.148. The van der Waals surface area contributed by atoms with Crippen molar-refractivity contribution in [3.05, 3.63) is 11.6 Å². The van der Waals surface area contributed by atoms with Gasteiger partial charge in [-0.1, -0.05) is 111 Å². The van der Waals surface area contributed by atoms with E-state index in [0.717, 1.165) is 48.3 Å². The van der Waals surface area contributed by atoms with Crippen molar-refractivity contribution in [1.29, 1.82) is 0 Å². The summed E-state index contributed by atoms with van der Waals surface area (Å²) in [5.41, 5.74) is 2.51. The standard InChI is InChI=1S/C29H46I2O2/c1-18(2)7-6-8-19(3)23-11-12-24-22-10-9-20-17-21(33-27(32)26(30)31)13-15-28(20,4)25(22)14-16-29(23,24)5/h9,18-19,21-26H,6-8,10-17H2,1-5H3/t19-,21-,22-,23+,24-,25-,28-,29+/m0/s1. The number of rotatable bonds is 7. The van der Waals surface area contributed by atoms with E-state index in [1.165, 1.54) is 57.8 Å². The number of fused-ring (bicyclic) bond motifs is 5. The van der Waals surface area contributed by atoms with Crippen LogP contribution in [0, 0.1) is 46.3 Å². The summed E-state index contributed by atoms with van der Waals surface area (Å²) in [6.45, 7) is 12.6. The summed E-state index contributed by atoms with van der Waals surface area (Å²) < 4.78 is 5.77. The van der Waals surface area contributed by atoms with Crippen LogP contribution in [0.1, 0.15) is 105 Å². The van der Waals surface area contributed by atoms with Gasteiger partial charge in [0.15, 0.2) is 1.93 Å². The first-order valence-corrected chi connectivity index (χ1v) is 16.2. The molecule has 0 aromatic rings. The minimum absolute atomic E-state index is 0.0490. The van der Waals surface area contributed by atoms with Crippen LogP contribution in [0.4, 0.5) is 0 Å². The van der Waals surface area contributed by atoms with Gasteiger partial charge in [0.05, 0.1) is 0 Å². The van der Waals surface area contributed by atoms with Gasteiger partial charge in [-0.3, -0.25) is 4.79 Å². The normalized spacial score (nSPS) is 41.2. The average molecular weight is 680 g/mol. The maximum atomic E-state index is 12.2. The van der Waals surface area contributed by atoms with Gasteiger partial charge in [-0.15, -0.1) is 0 Å². The summed E-state index contributed by atoms with van der Waals surface area (Å²) in [6.07, 6.45) is 17.2. The second-order valence-electron chi connectivity index (χ2n) is 12.9. The van der Waals surface area contributed by atoms with E-state index in [4.69, 9.17) is 4.74 Å². The van der Waals surface area contributed by atoms with Crippen LogP contribution < -0.4 is 0 Å². The molecule has 0 N–H and O–H groups in total. The number of carbonyl (C=O) groups excluding carboxylic acids is 1. The number of allylic oxidation sites excluding steroid dienone is 1. The minimum atomic E-state index is -0.0858. The molecule has 0 unspecified atom stereocenters. The van der Waals surface area contributed by atoms with E-state index < -0.39 is 0 Å². The van der Waals surface area contributed by atoms with Gasteiger partial charge in [0.25, 0.3) is 0 Å². The van der Waals surface area contributed by atoms with Gasteiger partial charge in [-0.05, 0) is 91.3 Å². The molecule has 0 saturated heterocycles. The van der Waals surface area contributed by atoms with Crippen LogP contribution in [0.3, 0.4) is 0 Å². The zero-order chi connectivity index (χ0) is 24.0. The lowest BCUT2D eigenvalue weighted by atomic mass is 9.47. The van der Waals surface area contributed by atoms with Crippen LogP contribution in [-0.2, 0) is 9.53 Å². The highest BCUT2D eigenvalue weighted by atomic mass is 127. The highest BCUT2D eigenvalue weighted by Crippen LogP contribution is 2.67. The molecule has 0 heterocycles. The number of hydrogen-bond donors (Lipinski definition) is 0. The molecule has 4 aliphatic carbocycles. The molecule has 0 amide bonds. The Labute approximate surface area is 230 Å². The van der Waals surface area contributed by atoms with Crippen LogP contribution in [0.25, 0.3) is 0 Å². The predicted octanol–water partition coefficient (Wildman–Crippen LogP) is 9.14. The van der Waals surface area contributed by atoms with Gasteiger partial charge in [-0.2, -0.15) is 0 Å². The Morgan fingerprint density at radius 2 is 1.82 bits per heavy atom. The Morgan fingerprint density at radius 1 is 1.06 bits per heavy atom. The summed E-state index contributed by atoms with van der Waals surface area (Å²) in [5.74, 6) is 5.22. The summed E-state index contributed by atoms with van der Waals surface area (Å²) >= 11 is 4.32. The third kappa shape index (κ3) is 5.23. The van der Waals surface area contributed by atoms with E-state index in [1.54, 1.807) is 5.57 Å². The topological polar surface area (TPSA) is 26.3 Å². The number of hydrogen-bond acceptors (Lipinski definition) is 2. The van der Waals surface area contributed by atoms with Crippen LogP contribution in [0.15, 0.2) is 11.6 Å². The fourth-order valence-corrected chi connectivity index (χ4v) is 9.26. The van der Waals surface area contributed by atoms with E-state index in [9.17, 15) is 4.79 Å². The lowest BCUT2D eigenvalue weighted by Crippen LogP contribution is -2.51. The molecule has 4 rings (SSSR count). The second-order valence-corrected chi connectivity index (χ2v) is 17.8. The van der Waals surface area contributed by atoms with Crippen molar-refractivity contribution in [3.8, 4) is 0 Å². The fourth-order valence-electron chi connectivity index (χ4n) is 8.97. The Balaban J connectivity index is 1.45. The molecular formula is C29H46I2O2. The number of alkyl halides is 2. The largest absolute Gasteiger partial charge is 0.461 e. The third-order valence-corrected chi connectivity index (χ3v) is 11.7. The van der Waals surface area contributed by atoms with E-state index >= 15 is 0 Å². The van der Waals surface area contributed by atoms with Gasteiger partial charge in [0.2, 0.25) is 0 Å². The second kappa shape index (κ2) is 10.6. The molecule has 0 aromatic carbocycles. The van der Waals surface area contributed by atoms with Crippen molar-refractivity contribution in [2.24, 2.45) is 46.3 Å². The van der Waals surface area contributed by atoms with Crippen molar-refractivity contribution in [2.45, 2.75) is 113 Å². The van der Waals surface area contributed by atoms with Crippen molar-refractivity contribution >= 4 is 51.2 Å². The van der Waals surface area contributed by atoms with Crippen molar-refractivity contribution in [3.63, 3.8) is 0 Å². The van der Waals surface area contributed by atoms with Crippen LogP contribution in [0.5, 0.6) is 0 Å². The molecule has 33 heavy (non-hydrogen) atoms. The molecule has 0 aromatic heterocycles. The van der Waals surface area contributed by atoms with Gasteiger partial charge >= 0.3 is 5.97 Å². The minimum Gasteiger partial charge on any atom is -0.461 e. The number of esters is 1. The van der Waals surface area contributed by atoms with Crippen molar-refractivity contribution in [1.82, 2.24) is 0 Å². The van der Waals surface area contributed by atoms with Gasteiger partial charge in [0.1, 0.15) is 6.10 Å². The monoisotopic (exact) mass is 680 g/mol. The van der Waals surface area contributed by atoms with Crippen LogP contribution in [0.2, 0.25) is 0 Å². The fraction of sp³-hybridized carbons (Fsp3) is 0.897. The number of ether oxygens (including phenoxy) is 1. The highest BCUT2D eigenvalue weighted by molar-refractivity contribution is 14.2. The van der Waals surface area contributed by atoms with E-state index in [0.29, 0.717) is 10.8 Å². The number of carbonyl (C=O) groups is 1. The van der Waals surface area contributed by atoms with Crippen LogP contribution >= 0.6 is 45.2 Å². The van der Waals surface area contributed by atoms with E-state index in [2.05, 4.69) is 85.9 Å². The molecule has 0 spiro atoms. The van der Waals surface area contributed by atoms with E-state index in [-0.39, 0.29) is 14.0 Å². The SMILES string of the molecule is CC(C)CCC[C@H](C)[C@H]1CC[C@H]2[C@@H]3CC=C4C[C@@H](OC(=O)C(I)I)CC[C@]4(C)[C@H]3CC[C@]12C. The van der Waals surface area contributed by atoms with E-state index in [1.807, 2.05) is 0 Å². The first kappa shape index (κ1) is 26.7.